The van der Waals surface area contributed by atoms with Crippen LogP contribution in [0.5, 0.6) is 0 Å². The molecule has 0 N–H and O–H groups in total. The zero-order valence-electron chi connectivity index (χ0n) is 14.9. The molecule has 0 saturated carbocycles. The standard InChI is InChI=1S/C21H29N/c1-18(2)15-19-11-10-12-20(16-19)17-22(6)14-9-7-8-13-21(3,4)5/h7,9-12,15-16H,14,17H2,1-6H3/b9-7+. The Morgan fingerprint density at radius 2 is 1.95 bits per heavy atom. The fourth-order valence-electron chi connectivity index (χ4n) is 2.04. The first-order chi connectivity index (χ1) is 10.3. The first kappa shape index (κ1) is 18.3. The summed E-state index contributed by atoms with van der Waals surface area (Å²) >= 11 is 0. The van der Waals surface area contributed by atoms with E-state index >= 15 is 0 Å². The molecule has 0 fully saturated rings. The number of likely N-dealkylation sites (N-methyl/N-ethyl adjacent to an activating group) is 1. The highest BCUT2D eigenvalue weighted by molar-refractivity contribution is 5.52. The molecule has 0 aliphatic carbocycles. The van der Waals surface area contributed by atoms with Crippen LogP contribution in [0.4, 0.5) is 0 Å². The molecule has 22 heavy (non-hydrogen) atoms. The zero-order valence-corrected chi connectivity index (χ0v) is 14.9. The van der Waals surface area contributed by atoms with Gasteiger partial charge in [-0.2, -0.15) is 0 Å². The quantitative estimate of drug-likeness (QED) is 0.679. The smallest absolute Gasteiger partial charge is 0.0234 e. The molecule has 0 aliphatic rings. The third-order valence-electron chi connectivity index (χ3n) is 2.92. The van der Waals surface area contributed by atoms with Gasteiger partial charge in [0.05, 0.1) is 0 Å². The highest BCUT2D eigenvalue weighted by atomic mass is 15.1. The lowest BCUT2D eigenvalue weighted by Crippen LogP contribution is -2.17. The minimum Gasteiger partial charge on any atom is -0.298 e. The summed E-state index contributed by atoms with van der Waals surface area (Å²) in [6.07, 6.45) is 6.30. The predicted molar refractivity (Wildman–Crippen MR) is 98.5 cm³/mol. The minimum absolute atomic E-state index is 0.0710. The topological polar surface area (TPSA) is 3.24 Å². The van der Waals surface area contributed by atoms with Crippen molar-refractivity contribution in [2.24, 2.45) is 5.41 Å². The molecular formula is C21H29N. The van der Waals surface area contributed by atoms with E-state index < -0.39 is 0 Å². The molecular weight excluding hydrogens is 266 g/mol. The van der Waals surface area contributed by atoms with Gasteiger partial charge in [-0.15, -0.1) is 0 Å². The number of rotatable bonds is 5. The van der Waals surface area contributed by atoms with Gasteiger partial charge in [0.15, 0.2) is 0 Å². The van der Waals surface area contributed by atoms with E-state index in [1.54, 1.807) is 0 Å². The van der Waals surface area contributed by atoms with Crippen LogP contribution in [-0.2, 0) is 6.54 Å². The Bertz CT molecular complexity index is 584. The van der Waals surface area contributed by atoms with E-state index in [0.29, 0.717) is 0 Å². The van der Waals surface area contributed by atoms with Crippen molar-refractivity contribution in [1.29, 1.82) is 0 Å². The molecule has 0 atom stereocenters. The summed E-state index contributed by atoms with van der Waals surface area (Å²) in [6.45, 7) is 12.5. The zero-order chi connectivity index (χ0) is 16.6. The Labute approximate surface area is 136 Å². The third kappa shape index (κ3) is 8.49. The second-order valence-electron chi connectivity index (χ2n) is 7.09. The van der Waals surface area contributed by atoms with Gasteiger partial charge in [-0.25, -0.2) is 0 Å². The van der Waals surface area contributed by atoms with Crippen LogP contribution in [0.15, 0.2) is 42.0 Å². The lowest BCUT2D eigenvalue weighted by atomic mass is 9.98. The van der Waals surface area contributed by atoms with Crippen molar-refractivity contribution in [1.82, 2.24) is 4.90 Å². The summed E-state index contributed by atoms with van der Waals surface area (Å²) < 4.78 is 0. The second-order valence-corrected chi connectivity index (χ2v) is 7.09. The lowest BCUT2D eigenvalue weighted by molar-refractivity contribution is 0.363. The van der Waals surface area contributed by atoms with Crippen LogP contribution >= 0.6 is 0 Å². The molecule has 0 amide bonds. The molecule has 1 aromatic carbocycles. The molecule has 0 heterocycles. The molecule has 0 radical (unpaired) electrons. The Hall–Kier alpha value is -1.78. The van der Waals surface area contributed by atoms with Gasteiger partial charge in [0.2, 0.25) is 0 Å². The summed E-state index contributed by atoms with van der Waals surface area (Å²) in [5.74, 6) is 6.32. The number of benzene rings is 1. The van der Waals surface area contributed by atoms with Crippen molar-refractivity contribution in [3.63, 3.8) is 0 Å². The van der Waals surface area contributed by atoms with Crippen molar-refractivity contribution in [3.05, 3.63) is 53.1 Å². The number of hydrogen-bond donors (Lipinski definition) is 0. The number of nitrogens with zero attached hydrogens (tertiary/aromatic N) is 1. The van der Waals surface area contributed by atoms with Crippen LogP contribution in [-0.4, -0.2) is 18.5 Å². The van der Waals surface area contributed by atoms with Crippen LogP contribution in [0.25, 0.3) is 6.08 Å². The third-order valence-corrected chi connectivity index (χ3v) is 2.92. The fraction of sp³-hybridized carbons (Fsp3) is 0.429. The predicted octanol–water partition coefficient (Wildman–Crippen LogP) is 5.15. The molecule has 0 unspecified atom stereocenters. The summed E-state index contributed by atoms with van der Waals surface area (Å²) in [7, 11) is 2.13. The van der Waals surface area contributed by atoms with E-state index in [1.165, 1.54) is 16.7 Å². The first-order valence-electron chi connectivity index (χ1n) is 7.86. The van der Waals surface area contributed by atoms with Crippen molar-refractivity contribution < 1.29 is 0 Å². The van der Waals surface area contributed by atoms with Crippen LogP contribution in [0.3, 0.4) is 0 Å². The van der Waals surface area contributed by atoms with Gasteiger partial charge in [0.1, 0.15) is 0 Å². The van der Waals surface area contributed by atoms with Crippen LogP contribution in [0.2, 0.25) is 0 Å². The van der Waals surface area contributed by atoms with Gasteiger partial charge in [0, 0.05) is 18.5 Å². The van der Waals surface area contributed by atoms with E-state index in [1.807, 2.05) is 6.08 Å². The summed E-state index contributed by atoms with van der Waals surface area (Å²) in [5.41, 5.74) is 4.01. The van der Waals surface area contributed by atoms with Crippen molar-refractivity contribution in [2.75, 3.05) is 13.6 Å². The Kier molecular flexibility index (Phi) is 7.15. The number of hydrogen-bond acceptors (Lipinski definition) is 1. The molecule has 118 valence electrons. The molecule has 0 aromatic heterocycles. The summed E-state index contributed by atoms with van der Waals surface area (Å²) in [6, 6.07) is 8.72. The van der Waals surface area contributed by atoms with Gasteiger partial charge >= 0.3 is 0 Å². The van der Waals surface area contributed by atoms with E-state index in [9.17, 15) is 0 Å². The maximum Gasteiger partial charge on any atom is 0.0234 e. The Morgan fingerprint density at radius 3 is 2.59 bits per heavy atom. The molecule has 0 saturated heterocycles. The van der Waals surface area contributed by atoms with Crippen LogP contribution in [0.1, 0.15) is 45.7 Å². The van der Waals surface area contributed by atoms with Gasteiger partial charge in [-0.3, -0.25) is 4.90 Å². The molecule has 0 bridgehead atoms. The van der Waals surface area contributed by atoms with E-state index in [0.717, 1.165) is 13.1 Å². The van der Waals surface area contributed by atoms with Crippen molar-refractivity contribution >= 4 is 6.08 Å². The van der Waals surface area contributed by atoms with Gasteiger partial charge in [-0.1, -0.05) is 53.8 Å². The maximum atomic E-state index is 3.21. The average Bonchev–Trinajstić information content (AvgIpc) is 2.36. The fourth-order valence-corrected chi connectivity index (χ4v) is 2.04. The molecule has 0 spiro atoms. The highest BCUT2D eigenvalue weighted by Crippen LogP contribution is 2.11. The molecule has 0 aliphatic heterocycles. The maximum absolute atomic E-state index is 3.21. The van der Waals surface area contributed by atoms with Gasteiger partial charge in [-0.05, 0) is 58.9 Å². The van der Waals surface area contributed by atoms with Crippen LogP contribution in [0, 0.1) is 17.3 Å². The summed E-state index contributed by atoms with van der Waals surface area (Å²) in [5, 5.41) is 0. The van der Waals surface area contributed by atoms with E-state index in [4.69, 9.17) is 0 Å². The first-order valence-corrected chi connectivity index (χ1v) is 7.86. The Balaban J connectivity index is 2.55. The second kappa shape index (κ2) is 8.61. The van der Waals surface area contributed by atoms with E-state index in [2.05, 4.69) is 94.8 Å². The van der Waals surface area contributed by atoms with E-state index in [-0.39, 0.29) is 5.41 Å². The summed E-state index contributed by atoms with van der Waals surface area (Å²) in [4.78, 5) is 2.29. The molecule has 1 nitrogen and oxygen atoms in total. The average molecular weight is 295 g/mol. The molecule has 1 heteroatoms. The van der Waals surface area contributed by atoms with Crippen molar-refractivity contribution in [2.45, 2.75) is 41.2 Å². The molecule has 1 aromatic rings. The molecule has 1 rings (SSSR count). The Morgan fingerprint density at radius 1 is 1.23 bits per heavy atom. The van der Waals surface area contributed by atoms with Crippen molar-refractivity contribution in [3.8, 4) is 11.8 Å². The minimum atomic E-state index is 0.0710. The number of allylic oxidation sites excluding steroid dienone is 2. The van der Waals surface area contributed by atoms with Crippen LogP contribution < -0.4 is 0 Å². The normalized spacial score (nSPS) is 11.4. The van der Waals surface area contributed by atoms with Gasteiger partial charge in [0.25, 0.3) is 0 Å². The highest BCUT2D eigenvalue weighted by Gasteiger charge is 2.02. The largest absolute Gasteiger partial charge is 0.298 e. The SMILES string of the molecule is CC(C)=Cc1cccc(CN(C)C/C=C/C#CC(C)(C)C)c1. The monoisotopic (exact) mass is 295 g/mol. The van der Waals surface area contributed by atoms with Gasteiger partial charge < -0.3 is 0 Å². The lowest BCUT2D eigenvalue weighted by Gasteiger charge is -2.14.